The van der Waals surface area contributed by atoms with Gasteiger partial charge in [-0.1, -0.05) is 37.3 Å². The maximum atomic E-state index is 12.2. The van der Waals surface area contributed by atoms with E-state index in [2.05, 4.69) is 5.32 Å². The van der Waals surface area contributed by atoms with Gasteiger partial charge in [0.15, 0.2) is 0 Å². The van der Waals surface area contributed by atoms with E-state index in [9.17, 15) is 9.59 Å². The molecule has 1 saturated heterocycles. The minimum absolute atomic E-state index is 0.00900. The van der Waals surface area contributed by atoms with E-state index < -0.39 is 11.9 Å². The number of carbonyl (C=O) groups excluding carboxylic acids is 1. The Morgan fingerprint density at radius 3 is 2.50 bits per heavy atom. The molecule has 2 rings (SSSR count). The van der Waals surface area contributed by atoms with Crippen molar-refractivity contribution in [3.05, 3.63) is 35.9 Å². The highest BCUT2D eigenvalue weighted by Gasteiger charge is 2.37. The van der Waals surface area contributed by atoms with E-state index in [1.165, 1.54) is 0 Å². The minimum atomic E-state index is -0.830. The van der Waals surface area contributed by atoms with Crippen molar-refractivity contribution in [3.8, 4) is 0 Å². The highest BCUT2D eigenvalue weighted by molar-refractivity contribution is 5.78. The first-order valence-corrected chi connectivity index (χ1v) is 6.82. The second-order valence-electron chi connectivity index (χ2n) is 5.41. The van der Waals surface area contributed by atoms with Gasteiger partial charge in [-0.05, 0) is 18.4 Å². The predicted octanol–water partition coefficient (Wildman–Crippen LogP) is 2.11. The Kier molecular flexibility index (Phi) is 4.27. The molecule has 1 aromatic rings. The summed E-state index contributed by atoms with van der Waals surface area (Å²) in [7, 11) is 0. The number of likely N-dealkylation sites (tertiary alicyclic amines) is 1. The quantitative estimate of drug-likeness (QED) is 0.888. The van der Waals surface area contributed by atoms with Gasteiger partial charge in [0, 0.05) is 13.1 Å². The van der Waals surface area contributed by atoms with E-state index in [4.69, 9.17) is 5.11 Å². The number of hydrogen-bond donors (Lipinski definition) is 2. The summed E-state index contributed by atoms with van der Waals surface area (Å²) in [5.74, 6) is -1.30. The first kappa shape index (κ1) is 14.4. The lowest BCUT2D eigenvalue weighted by Crippen LogP contribution is -2.40. The summed E-state index contributed by atoms with van der Waals surface area (Å²) in [5, 5.41) is 12.0. The summed E-state index contributed by atoms with van der Waals surface area (Å²) in [6, 6.07) is 9.40. The molecular weight excluding hydrogens is 256 g/mol. The molecule has 1 aliphatic heterocycles. The first-order valence-electron chi connectivity index (χ1n) is 6.82. The average molecular weight is 276 g/mol. The molecule has 2 amide bonds. The van der Waals surface area contributed by atoms with Crippen LogP contribution < -0.4 is 5.32 Å². The van der Waals surface area contributed by atoms with E-state index in [1.807, 2.05) is 44.2 Å². The Morgan fingerprint density at radius 1 is 1.30 bits per heavy atom. The Bertz CT molecular complexity index is 489. The molecule has 0 saturated carbocycles. The van der Waals surface area contributed by atoms with Gasteiger partial charge >= 0.3 is 12.0 Å². The number of nitrogens with zero attached hydrogens (tertiary/aromatic N) is 1. The molecule has 20 heavy (non-hydrogen) atoms. The van der Waals surface area contributed by atoms with Gasteiger partial charge in [0.05, 0.1) is 12.0 Å². The number of nitrogens with one attached hydrogen (secondary N) is 1. The van der Waals surface area contributed by atoms with Crippen molar-refractivity contribution in [1.29, 1.82) is 0 Å². The maximum absolute atomic E-state index is 12.2. The van der Waals surface area contributed by atoms with Gasteiger partial charge in [0.1, 0.15) is 0 Å². The first-order chi connectivity index (χ1) is 9.49. The largest absolute Gasteiger partial charge is 0.481 e. The molecule has 0 spiro atoms. The standard InChI is InChI=1S/C15H20N2O3/c1-10-8-17(9-13(10)14(18)19)15(20)16-11(2)12-6-4-3-5-7-12/h3-7,10-11,13H,8-9H2,1-2H3,(H,16,20)(H,18,19)/t10-,11?,13-/m1/s1. The van der Waals surface area contributed by atoms with E-state index >= 15 is 0 Å². The molecular formula is C15H20N2O3. The van der Waals surface area contributed by atoms with Crippen LogP contribution in [-0.2, 0) is 4.79 Å². The third-order valence-corrected chi connectivity index (χ3v) is 3.86. The van der Waals surface area contributed by atoms with Crippen LogP contribution in [0.1, 0.15) is 25.5 Å². The van der Waals surface area contributed by atoms with Gasteiger partial charge in [-0.25, -0.2) is 4.79 Å². The Hall–Kier alpha value is -2.04. The van der Waals surface area contributed by atoms with Crippen molar-refractivity contribution < 1.29 is 14.7 Å². The fourth-order valence-electron chi connectivity index (χ4n) is 2.56. The van der Waals surface area contributed by atoms with Crippen LogP contribution in [0.15, 0.2) is 30.3 Å². The molecule has 0 bridgehead atoms. The van der Waals surface area contributed by atoms with Crippen LogP contribution in [0.4, 0.5) is 4.79 Å². The molecule has 1 aliphatic rings. The molecule has 0 aliphatic carbocycles. The van der Waals surface area contributed by atoms with Crippen molar-refractivity contribution in [2.24, 2.45) is 11.8 Å². The molecule has 1 heterocycles. The van der Waals surface area contributed by atoms with Gasteiger partial charge < -0.3 is 15.3 Å². The summed E-state index contributed by atoms with van der Waals surface area (Å²) in [5.41, 5.74) is 1.03. The fourth-order valence-corrected chi connectivity index (χ4v) is 2.56. The summed E-state index contributed by atoms with van der Waals surface area (Å²) >= 11 is 0. The number of carbonyl (C=O) groups is 2. The Balaban J connectivity index is 1.95. The number of carboxylic acids is 1. The second-order valence-corrected chi connectivity index (χ2v) is 5.41. The van der Waals surface area contributed by atoms with Crippen molar-refractivity contribution in [2.45, 2.75) is 19.9 Å². The molecule has 1 unspecified atom stereocenters. The predicted molar refractivity (Wildman–Crippen MR) is 75.3 cm³/mol. The van der Waals surface area contributed by atoms with Crippen LogP contribution in [0, 0.1) is 11.8 Å². The summed E-state index contributed by atoms with van der Waals surface area (Å²) in [4.78, 5) is 24.8. The summed E-state index contributed by atoms with van der Waals surface area (Å²) in [6.45, 7) is 4.56. The molecule has 108 valence electrons. The number of amides is 2. The molecule has 0 aromatic heterocycles. The average Bonchev–Trinajstić information content (AvgIpc) is 2.82. The monoisotopic (exact) mass is 276 g/mol. The van der Waals surface area contributed by atoms with Gasteiger partial charge in [0.25, 0.3) is 0 Å². The molecule has 2 N–H and O–H groups in total. The smallest absolute Gasteiger partial charge is 0.317 e. The molecule has 5 heteroatoms. The zero-order chi connectivity index (χ0) is 14.7. The van der Waals surface area contributed by atoms with E-state index in [0.29, 0.717) is 6.54 Å². The van der Waals surface area contributed by atoms with E-state index in [0.717, 1.165) is 5.56 Å². The zero-order valence-electron chi connectivity index (χ0n) is 11.7. The lowest BCUT2D eigenvalue weighted by atomic mass is 9.99. The lowest BCUT2D eigenvalue weighted by Gasteiger charge is -2.21. The number of rotatable bonds is 3. The van der Waals surface area contributed by atoms with Gasteiger partial charge in [-0.3, -0.25) is 4.79 Å². The topological polar surface area (TPSA) is 69.6 Å². The van der Waals surface area contributed by atoms with Crippen molar-refractivity contribution in [1.82, 2.24) is 10.2 Å². The third kappa shape index (κ3) is 3.10. The normalized spacial score (nSPS) is 23.4. The van der Waals surface area contributed by atoms with Crippen LogP contribution in [-0.4, -0.2) is 35.1 Å². The Labute approximate surface area is 118 Å². The van der Waals surface area contributed by atoms with Gasteiger partial charge in [-0.15, -0.1) is 0 Å². The van der Waals surface area contributed by atoms with E-state index in [-0.39, 0.29) is 24.5 Å². The van der Waals surface area contributed by atoms with Crippen LogP contribution in [0.3, 0.4) is 0 Å². The highest BCUT2D eigenvalue weighted by atomic mass is 16.4. The summed E-state index contributed by atoms with van der Waals surface area (Å²) in [6.07, 6.45) is 0. The number of benzene rings is 1. The lowest BCUT2D eigenvalue weighted by molar-refractivity contribution is -0.142. The molecule has 5 nitrogen and oxygen atoms in total. The highest BCUT2D eigenvalue weighted by Crippen LogP contribution is 2.23. The van der Waals surface area contributed by atoms with Crippen molar-refractivity contribution >= 4 is 12.0 Å². The third-order valence-electron chi connectivity index (χ3n) is 3.86. The Morgan fingerprint density at radius 2 is 1.95 bits per heavy atom. The number of hydrogen-bond acceptors (Lipinski definition) is 2. The van der Waals surface area contributed by atoms with E-state index in [1.54, 1.807) is 4.90 Å². The zero-order valence-corrected chi connectivity index (χ0v) is 11.7. The molecule has 1 fully saturated rings. The van der Waals surface area contributed by atoms with Gasteiger partial charge in [-0.2, -0.15) is 0 Å². The van der Waals surface area contributed by atoms with Crippen molar-refractivity contribution in [3.63, 3.8) is 0 Å². The molecule has 1 aromatic carbocycles. The van der Waals surface area contributed by atoms with Crippen LogP contribution in [0.2, 0.25) is 0 Å². The summed E-state index contributed by atoms with van der Waals surface area (Å²) < 4.78 is 0. The van der Waals surface area contributed by atoms with Crippen LogP contribution in [0.25, 0.3) is 0 Å². The minimum Gasteiger partial charge on any atom is -0.481 e. The molecule has 0 radical (unpaired) electrons. The number of aliphatic carboxylic acids is 1. The molecule has 3 atom stereocenters. The van der Waals surface area contributed by atoms with Gasteiger partial charge in [0.2, 0.25) is 0 Å². The fraction of sp³-hybridized carbons (Fsp3) is 0.467. The van der Waals surface area contributed by atoms with Crippen molar-refractivity contribution in [2.75, 3.05) is 13.1 Å². The number of urea groups is 1. The maximum Gasteiger partial charge on any atom is 0.317 e. The number of carboxylic acid groups (broad SMARTS) is 1. The SMILES string of the molecule is CC(NC(=O)N1C[C@@H](C)[C@H](C(=O)O)C1)c1ccccc1. The van der Waals surface area contributed by atoms with Crippen LogP contribution in [0.5, 0.6) is 0 Å². The second kappa shape index (κ2) is 5.94. The van der Waals surface area contributed by atoms with Crippen LogP contribution >= 0.6 is 0 Å².